The number of aromatic nitrogens is 3. The second-order valence-corrected chi connectivity index (χ2v) is 7.38. The van der Waals surface area contributed by atoms with Crippen molar-refractivity contribution in [2.45, 2.75) is 32.4 Å². The number of H-pyrrole nitrogens is 1. The zero-order valence-electron chi connectivity index (χ0n) is 16.2. The van der Waals surface area contributed by atoms with Crippen LogP contribution in [0.15, 0.2) is 61.1 Å². The van der Waals surface area contributed by atoms with Gasteiger partial charge in [-0.15, -0.1) is 24.8 Å². The number of fused-ring (bicyclic) bond motifs is 2. The molecule has 2 aromatic carbocycles. The molecule has 150 valence electrons. The van der Waals surface area contributed by atoms with E-state index in [2.05, 4.69) is 70.7 Å². The smallest absolute Gasteiger partial charge is 0.0931 e. The number of imidazole rings is 1. The van der Waals surface area contributed by atoms with Gasteiger partial charge in [-0.05, 0) is 60.2 Å². The number of aromatic amines is 1. The zero-order chi connectivity index (χ0) is 18.2. The third-order valence-corrected chi connectivity index (χ3v) is 5.55. The highest BCUT2D eigenvalue weighted by atomic mass is 35.5. The zero-order valence-corrected chi connectivity index (χ0v) is 17.8. The van der Waals surface area contributed by atoms with E-state index < -0.39 is 0 Å². The number of benzene rings is 2. The van der Waals surface area contributed by atoms with Gasteiger partial charge in [-0.1, -0.05) is 30.3 Å². The van der Waals surface area contributed by atoms with Gasteiger partial charge in [0.1, 0.15) is 0 Å². The van der Waals surface area contributed by atoms with Crippen LogP contribution in [0.1, 0.15) is 22.4 Å². The van der Waals surface area contributed by atoms with Crippen molar-refractivity contribution < 1.29 is 0 Å². The van der Waals surface area contributed by atoms with Crippen molar-refractivity contribution in [2.75, 3.05) is 0 Å². The highest BCUT2D eigenvalue weighted by molar-refractivity contribution is 5.85. The van der Waals surface area contributed by atoms with Crippen LogP contribution in [0.5, 0.6) is 0 Å². The highest BCUT2D eigenvalue weighted by Gasteiger charge is 2.20. The van der Waals surface area contributed by atoms with Gasteiger partial charge in [0, 0.05) is 24.3 Å². The predicted octanol–water partition coefficient (Wildman–Crippen LogP) is 5.03. The minimum Gasteiger partial charge on any atom is -0.345 e. The standard InChI is InChI=1S/C23H22N4.2ClH/c1-15-8-19(18-6-7-21-22(11-18)27-14-26-21)12-25-23(15)13-24-20-9-16-4-2-3-5-17(16)10-20;;/h2-8,11-12,14,20,24H,9-10,13H2,1H3,(H,26,27);2*1H. The summed E-state index contributed by atoms with van der Waals surface area (Å²) in [5.74, 6) is 0. The lowest BCUT2D eigenvalue weighted by atomic mass is 10.0. The van der Waals surface area contributed by atoms with Crippen molar-refractivity contribution in [3.05, 3.63) is 83.4 Å². The lowest BCUT2D eigenvalue weighted by Gasteiger charge is -2.13. The summed E-state index contributed by atoms with van der Waals surface area (Å²) in [6.07, 6.45) is 5.92. The van der Waals surface area contributed by atoms with Gasteiger partial charge in [-0.25, -0.2) is 4.98 Å². The van der Waals surface area contributed by atoms with Gasteiger partial charge >= 0.3 is 0 Å². The molecule has 2 heterocycles. The van der Waals surface area contributed by atoms with Crippen LogP contribution in [0.3, 0.4) is 0 Å². The van der Waals surface area contributed by atoms with Crippen LogP contribution in [0.25, 0.3) is 22.2 Å². The van der Waals surface area contributed by atoms with E-state index in [0.29, 0.717) is 6.04 Å². The molecule has 4 aromatic rings. The third kappa shape index (κ3) is 4.30. The van der Waals surface area contributed by atoms with Crippen molar-refractivity contribution in [3.63, 3.8) is 0 Å². The normalized spacial score (nSPS) is 13.0. The van der Waals surface area contributed by atoms with E-state index in [-0.39, 0.29) is 24.8 Å². The molecule has 0 bridgehead atoms. The number of halogens is 2. The molecule has 0 radical (unpaired) electrons. The Balaban J connectivity index is 0.00000120. The van der Waals surface area contributed by atoms with Gasteiger partial charge in [-0.2, -0.15) is 0 Å². The first-order valence-corrected chi connectivity index (χ1v) is 9.45. The quantitative estimate of drug-likeness (QED) is 0.480. The van der Waals surface area contributed by atoms with Gasteiger partial charge in [0.2, 0.25) is 0 Å². The van der Waals surface area contributed by atoms with Gasteiger partial charge in [0.05, 0.1) is 23.1 Å². The molecule has 6 heteroatoms. The van der Waals surface area contributed by atoms with Crippen molar-refractivity contribution in [1.82, 2.24) is 20.3 Å². The number of nitrogens with one attached hydrogen (secondary N) is 2. The van der Waals surface area contributed by atoms with E-state index in [0.717, 1.165) is 47.2 Å². The number of aryl methyl sites for hydroxylation is 1. The monoisotopic (exact) mass is 426 g/mol. The first-order chi connectivity index (χ1) is 13.3. The van der Waals surface area contributed by atoms with E-state index in [1.165, 1.54) is 16.7 Å². The fraction of sp³-hybridized carbons (Fsp3) is 0.217. The number of hydrogen-bond acceptors (Lipinski definition) is 3. The van der Waals surface area contributed by atoms with Crippen molar-refractivity contribution in [2.24, 2.45) is 0 Å². The fourth-order valence-corrected chi connectivity index (χ4v) is 4.00. The molecule has 0 saturated carbocycles. The Kier molecular flexibility index (Phi) is 6.58. The van der Waals surface area contributed by atoms with Crippen molar-refractivity contribution >= 4 is 35.8 Å². The Morgan fingerprint density at radius 3 is 2.45 bits per heavy atom. The van der Waals surface area contributed by atoms with Crippen LogP contribution in [0.2, 0.25) is 0 Å². The summed E-state index contributed by atoms with van der Waals surface area (Å²) in [6.45, 7) is 2.95. The van der Waals surface area contributed by atoms with E-state index in [1.807, 2.05) is 6.20 Å². The minimum atomic E-state index is 0. The molecule has 0 fully saturated rings. The molecular weight excluding hydrogens is 403 g/mol. The molecule has 4 nitrogen and oxygen atoms in total. The number of pyridine rings is 1. The lowest BCUT2D eigenvalue weighted by molar-refractivity contribution is 0.526. The van der Waals surface area contributed by atoms with E-state index in [9.17, 15) is 0 Å². The van der Waals surface area contributed by atoms with Gasteiger partial charge in [0.15, 0.2) is 0 Å². The summed E-state index contributed by atoms with van der Waals surface area (Å²) in [7, 11) is 0. The molecule has 5 rings (SSSR count). The van der Waals surface area contributed by atoms with Crippen LogP contribution in [-0.4, -0.2) is 21.0 Å². The van der Waals surface area contributed by atoms with Gasteiger partial charge < -0.3 is 10.3 Å². The summed E-state index contributed by atoms with van der Waals surface area (Å²) < 4.78 is 0. The Labute approximate surface area is 183 Å². The second kappa shape index (κ2) is 8.95. The summed E-state index contributed by atoms with van der Waals surface area (Å²) in [6, 6.07) is 17.8. The molecule has 2 aromatic heterocycles. The van der Waals surface area contributed by atoms with Crippen molar-refractivity contribution in [3.8, 4) is 11.1 Å². The molecule has 0 saturated heterocycles. The third-order valence-electron chi connectivity index (χ3n) is 5.55. The van der Waals surface area contributed by atoms with E-state index >= 15 is 0 Å². The first-order valence-electron chi connectivity index (χ1n) is 9.45. The Morgan fingerprint density at radius 2 is 1.72 bits per heavy atom. The molecule has 0 amide bonds. The lowest BCUT2D eigenvalue weighted by Crippen LogP contribution is -2.29. The SMILES string of the molecule is Cc1cc(-c2ccc3[nH]cnc3c2)cnc1CNC1Cc2ccccc2C1.Cl.Cl. The predicted molar refractivity (Wildman–Crippen MR) is 123 cm³/mol. The number of hydrogen-bond donors (Lipinski definition) is 2. The molecule has 0 atom stereocenters. The molecule has 0 spiro atoms. The van der Waals surface area contributed by atoms with Crippen LogP contribution < -0.4 is 5.32 Å². The Bertz CT molecular complexity index is 1100. The average molecular weight is 427 g/mol. The molecule has 1 aliphatic carbocycles. The summed E-state index contributed by atoms with van der Waals surface area (Å²) in [5, 5.41) is 3.69. The minimum absolute atomic E-state index is 0. The average Bonchev–Trinajstić information content (AvgIpc) is 3.32. The summed E-state index contributed by atoms with van der Waals surface area (Å²) in [5.41, 5.74) is 9.62. The molecule has 2 N–H and O–H groups in total. The highest BCUT2D eigenvalue weighted by Crippen LogP contribution is 2.25. The Hall–Kier alpha value is -2.40. The largest absolute Gasteiger partial charge is 0.345 e. The molecule has 0 unspecified atom stereocenters. The Morgan fingerprint density at radius 1 is 0.966 bits per heavy atom. The molecular formula is C23H24Cl2N4. The second-order valence-electron chi connectivity index (χ2n) is 7.38. The maximum absolute atomic E-state index is 4.74. The first kappa shape index (κ1) is 21.3. The van der Waals surface area contributed by atoms with Crippen LogP contribution in [-0.2, 0) is 19.4 Å². The molecule has 1 aliphatic rings. The van der Waals surface area contributed by atoms with Crippen LogP contribution in [0, 0.1) is 6.92 Å². The number of rotatable bonds is 4. The van der Waals surface area contributed by atoms with Crippen molar-refractivity contribution in [1.29, 1.82) is 0 Å². The molecule has 0 aliphatic heterocycles. The topological polar surface area (TPSA) is 53.6 Å². The maximum atomic E-state index is 4.74. The van der Waals surface area contributed by atoms with E-state index in [1.54, 1.807) is 6.33 Å². The van der Waals surface area contributed by atoms with Crippen LogP contribution in [0.4, 0.5) is 0 Å². The van der Waals surface area contributed by atoms with Crippen LogP contribution >= 0.6 is 24.8 Å². The summed E-state index contributed by atoms with van der Waals surface area (Å²) >= 11 is 0. The maximum Gasteiger partial charge on any atom is 0.0931 e. The number of nitrogens with zero attached hydrogens (tertiary/aromatic N) is 2. The summed E-state index contributed by atoms with van der Waals surface area (Å²) in [4.78, 5) is 12.2. The van der Waals surface area contributed by atoms with E-state index in [4.69, 9.17) is 4.98 Å². The van der Waals surface area contributed by atoms with Gasteiger partial charge in [0.25, 0.3) is 0 Å². The van der Waals surface area contributed by atoms with Gasteiger partial charge in [-0.3, -0.25) is 4.98 Å². The molecule has 29 heavy (non-hydrogen) atoms. The fourth-order valence-electron chi connectivity index (χ4n) is 4.00.